The number of hydrogen-bond acceptors (Lipinski definition) is 2. The average molecular weight is 222 g/mol. The third kappa shape index (κ3) is 1.91. The predicted octanol–water partition coefficient (Wildman–Crippen LogP) is 3.69. The summed E-state index contributed by atoms with van der Waals surface area (Å²) < 4.78 is 0. The minimum atomic E-state index is 0.527. The van der Waals surface area contributed by atoms with Crippen LogP contribution in [0.1, 0.15) is 0 Å². The second-order valence-corrected chi connectivity index (χ2v) is 3.76. The maximum absolute atomic E-state index is 5.97. The van der Waals surface area contributed by atoms with Crippen molar-refractivity contribution in [3.05, 3.63) is 47.7 Å². The summed E-state index contributed by atoms with van der Waals surface area (Å²) in [5.41, 5.74) is 2.00. The molecule has 2 aromatic rings. The van der Waals surface area contributed by atoms with Crippen LogP contribution in [-0.2, 0) is 0 Å². The number of rotatable bonds is 1. The summed E-state index contributed by atoms with van der Waals surface area (Å²) in [6.07, 6.45) is 1.68. The zero-order valence-corrected chi connectivity index (χ0v) is 8.96. The molecule has 0 saturated heterocycles. The van der Waals surface area contributed by atoms with Crippen LogP contribution >= 0.6 is 24.2 Å². The quantitative estimate of drug-likeness (QED) is 0.573. The smallest absolute Gasteiger partial charge is 0.136 e. The van der Waals surface area contributed by atoms with Crippen LogP contribution < -0.4 is 0 Å². The van der Waals surface area contributed by atoms with Gasteiger partial charge in [-0.15, -0.1) is 12.6 Å². The lowest BCUT2D eigenvalue weighted by molar-refractivity contribution is 1.32. The monoisotopic (exact) mass is 221 g/mol. The number of nitrogens with zero attached hydrogens (tertiary/aromatic N) is 1. The van der Waals surface area contributed by atoms with Crippen molar-refractivity contribution >= 4 is 24.2 Å². The van der Waals surface area contributed by atoms with Gasteiger partial charge in [0.1, 0.15) is 5.15 Å². The molecule has 0 spiro atoms. The molecule has 0 aliphatic heterocycles. The molecule has 0 N–H and O–H groups in total. The number of halogens is 1. The Hall–Kier alpha value is -0.990. The van der Waals surface area contributed by atoms with Crippen molar-refractivity contribution in [1.82, 2.24) is 4.98 Å². The number of benzene rings is 1. The molecule has 1 nitrogen and oxygen atoms in total. The molecule has 0 bridgehead atoms. The first kappa shape index (κ1) is 9.56. The Morgan fingerprint density at radius 3 is 2.43 bits per heavy atom. The summed E-state index contributed by atoms with van der Waals surface area (Å²) in [4.78, 5) is 4.96. The maximum atomic E-state index is 5.97. The molecule has 0 atom stereocenters. The molecular formula is C11H8ClNS. The van der Waals surface area contributed by atoms with Crippen molar-refractivity contribution in [2.24, 2.45) is 0 Å². The molecular weight excluding hydrogens is 214 g/mol. The van der Waals surface area contributed by atoms with E-state index in [9.17, 15) is 0 Å². The maximum Gasteiger partial charge on any atom is 0.136 e. The van der Waals surface area contributed by atoms with Crippen LogP contribution in [0.5, 0.6) is 0 Å². The van der Waals surface area contributed by atoms with Gasteiger partial charge in [-0.1, -0.05) is 23.7 Å². The van der Waals surface area contributed by atoms with E-state index in [4.69, 9.17) is 11.6 Å². The normalized spacial score (nSPS) is 10.1. The van der Waals surface area contributed by atoms with E-state index in [2.05, 4.69) is 17.6 Å². The molecule has 0 amide bonds. The number of hydrogen-bond donors (Lipinski definition) is 1. The molecule has 2 rings (SSSR count). The van der Waals surface area contributed by atoms with Gasteiger partial charge in [0.05, 0.1) is 0 Å². The van der Waals surface area contributed by atoms with Crippen molar-refractivity contribution in [3.8, 4) is 11.1 Å². The van der Waals surface area contributed by atoms with Crippen LogP contribution in [0.25, 0.3) is 11.1 Å². The predicted molar refractivity (Wildman–Crippen MR) is 61.9 cm³/mol. The van der Waals surface area contributed by atoms with Crippen LogP contribution in [0.15, 0.2) is 47.5 Å². The highest BCUT2D eigenvalue weighted by Crippen LogP contribution is 2.26. The van der Waals surface area contributed by atoms with E-state index in [0.29, 0.717) is 5.15 Å². The fourth-order valence-electron chi connectivity index (χ4n) is 1.24. The van der Waals surface area contributed by atoms with Crippen LogP contribution in [0.4, 0.5) is 0 Å². The third-order valence-electron chi connectivity index (χ3n) is 1.94. The largest absolute Gasteiger partial charge is 0.244 e. The van der Waals surface area contributed by atoms with Gasteiger partial charge in [-0.25, -0.2) is 4.98 Å². The minimum Gasteiger partial charge on any atom is -0.244 e. The summed E-state index contributed by atoms with van der Waals surface area (Å²) in [6, 6.07) is 11.6. The highest BCUT2D eigenvalue weighted by molar-refractivity contribution is 7.80. The Kier molecular flexibility index (Phi) is 2.75. The van der Waals surface area contributed by atoms with Gasteiger partial charge in [0.2, 0.25) is 0 Å². The number of pyridine rings is 1. The molecule has 1 heterocycles. The molecule has 1 aromatic heterocycles. The van der Waals surface area contributed by atoms with E-state index in [1.54, 1.807) is 6.20 Å². The van der Waals surface area contributed by atoms with Gasteiger partial charge >= 0.3 is 0 Å². The van der Waals surface area contributed by atoms with Crippen LogP contribution in [0.3, 0.4) is 0 Å². The number of thiol groups is 1. The third-order valence-corrected chi connectivity index (χ3v) is 2.54. The van der Waals surface area contributed by atoms with Gasteiger partial charge in [-0.05, 0) is 29.8 Å². The van der Waals surface area contributed by atoms with E-state index in [1.807, 2.05) is 36.4 Å². The summed E-state index contributed by atoms with van der Waals surface area (Å²) in [5.74, 6) is 0. The molecule has 3 heteroatoms. The van der Waals surface area contributed by atoms with E-state index in [1.165, 1.54) is 0 Å². The Morgan fingerprint density at radius 2 is 1.79 bits per heavy atom. The zero-order chi connectivity index (χ0) is 9.97. The van der Waals surface area contributed by atoms with Crippen molar-refractivity contribution in [2.75, 3.05) is 0 Å². The summed E-state index contributed by atoms with van der Waals surface area (Å²) in [5, 5.41) is 0.527. The Balaban J connectivity index is 2.50. The first-order chi connectivity index (χ1) is 6.77. The fourth-order valence-corrected chi connectivity index (χ4v) is 1.62. The first-order valence-corrected chi connectivity index (χ1v) is 5.00. The van der Waals surface area contributed by atoms with E-state index < -0.39 is 0 Å². The van der Waals surface area contributed by atoms with Gasteiger partial charge in [-0.3, -0.25) is 0 Å². The molecule has 1 aromatic carbocycles. The average Bonchev–Trinajstić information content (AvgIpc) is 2.20. The van der Waals surface area contributed by atoms with Crippen molar-refractivity contribution < 1.29 is 0 Å². The molecule has 0 radical (unpaired) electrons. The second kappa shape index (κ2) is 4.03. The van der Waals surface area contributed by atoms with Gasteiger partial charge in [0, 0.05) is 16.7 Å². The van der Waals surface area contributed by atoms with E-state index in [0.717, 1.165) is 16.0 Å². The second-order valence-electron chi connectivity index (χ2n) is 2.89. The Labute approximate surface area is 93.2 Å². The van der Waals surface area contributed by atoms with Crippen molar-refractivity contribution in [1.29, 1.82) is 0 Å². The highest BCUT2D eigenvalue weighted by Gasteiger charge is 2.02. The molecule has 14 heavy (non-hydrogen) atoms. The van der Waals surface area contributed by atoms with Gasteiger partial charge in [-0.2, -0.15) is 0 Å². The molecule has 0 fully saturated rings. The van der Waals surface area contributed by atoms with Crippen LogP contribution in [0.2, 0.25) is 5.15 Å². The summed E-state index contributed by atoms with van der Waals surface area (Å²) >= 11 is 10.2. The molecule has 70 valence electrons. The lowest BCUT2D eigenvalue weighted by Gasteiger charge is -2.02. The van der Waals surface area contributed by atoms with Gasteiger partial charge < -0.3 is 0 Å². The molecule has 0 saturated carbocycles. The number of aromatic nitrogens is 1. The molecule has 0 aliphatic carbocycles. The lowest BCUT2D eigenvalue weighted by atomic mass is 10.1. The minimum absolute atomic E-state index is 0.527. The summed E-state index contributed by atoms with van der Waals surface area (Å²) in [6.45, 7) is 0. The summed E-state index contributed by atoms with van der Waals surface area (Å²) in [7, 11) is 0. The Bertz CT molecular complexity index is 439. The lowest BCUT2D eigenvalue weighted by Crippen LogP contribution is -1.81. The van der Waals surface area contributed by atoms with Gasteiger partial charge in [0.15, 0.2) is 0 Å². The SMILES string of the molecule is Sc1ccc(-c2cccnc2Cl)cc1. The topological polar surface area (TPSA) is 12.9 Å². The van der Waals surface area contributed by atoms with Crippen molar-refractivity contribution in [3.63, 3.8) is 0 Å². The standard InChI is InChI=1S/C11H8ClNS/c12-11-10(2-1-7-13-11)8-3-5-9(14)6-4-8/h1-7,14H. The van der Waals surface area contributed by atoms with Crippen LogP contribution in [0, 0.1) is 0 Å². The zero-order valence-electron chi connectivity index (χ0n) is 7.31. The van der Waals surface area contributed by atoms with Crippen molar-refractivity contribution in [2.45, 2.75) is 4.90 Å². The molecule has 0 aliphatic rings. The van der Waals surface area contributed by atoms with E-state index >= 15 is 0 Å². The fraction of sp³-hybridized carbons (Fsp3) is 0. The Morgan fingerprint density at radius 1 is 1.07 bits per heavy atom. The van der Waals surface area contributed by atoms with Gasteiger partial charge in [0.25, 0.3) is 0 Å². The van der Waals surface area contributed by atoms with E-state index in [-0.39, 0.29) is 0 Å². The first-order valence-electron chi connectivity index (χ1n) is 4.17. The van der Waals surface area contributed by atoms with Crippen LogP contribution in [-0.4, -0.2) is 4.98 Å². The molecule has 0 unspecified atom stereocenters. The highest BCUT2D eigenvalue weighted by atomic mass is 35.5.